The van der Waals surface area contributed by atoms with Gasteiger partial charge in [-0.05, 0) is 102 Å². The molecule has 0 saturated heterocycles. The van der Waals surface area contributed by atoms with Crippen LogP contribution in [0.15, 0.2) is 178 Å². The molecule has 50 heavy (non-hydrogen) atoms. The number of hydrogen-bond donors (Lipinski definition) is 0. The third kappa shape index (κ3) is 3.96. The van der Waals surface area contributed by atoms with Crippen molar-refractivity contribution in [2.24, 2.45) is 0 Å². The Labute approximate surface area is 316 Å². The highest BCUT2D eigenvalue weighted by molar-refractivity contribution is 6.26. The van der Waals surface area contributed by atoms with Crippen LogP contribution in [0.25, 0.3) is 110 Å². The minimum Gasteiger partial charge on any atom is -0.456 e. The molecule has 9 aromatic carbocycles. The fourth-order valence-corrected chi connectivity index (χ4v) is 6.69. The van der Waals surface area contributed by atoms with E-state index in [-0.39, 0.29) is 59.8 Å². The second-order valence-electron chi connectivity index (χ2n) is 11.6. The Balaban J connectivity index is 1.27. The second kappa shape index (κ2) is 10.4. The first kappa shape index (κ1) is 14.1. The number of benzene rings is 9. The van der Waals surface area contributed by atoms with Gasteiger partial charge in [0.2, 0.25) is 0 Å². The van der Waals surface area contributed by atoms with E-state index in [0.29, 0.717) is 10.9 Å². The molecular weight excluding hydrogens is 609 g/mol. The quantitative estimate of drug-likeness (QED) is 0.177. The summed E-state index contributed by atoms with van der Waals surface area (Å²) < 4.78 is 202. The molecule has 0 atom stereocenters. The fraction of sp³-hybridized carbons (Fsp3) is 0. The number of hydrogen-bond acceptors (Lipinski definition) is 2. The molecule has 232 valence electrons. The maximum atomic E-state index is 9.59. The van der Waals surface area contributed by atoms with Gasteiger partial charge in [0.05, 0.1) is 28.8 Å². The van der Waals surface area contributed by atoms with E-state index < -0.39 is 160 Å². The molecule has 0 aliphatic heterocycles. The van der Waals surface area contributed by atoms with Gasteiger partial charge >= 0.3 is 0 Å². The Kier molecular flexibility index (Phi) is 2.93. The van der Waals surface area contributed by atoms with Crippen LogP contribution in [0.4, 0.5) is 0 Å². The molecule has 0 amide bonds. The molecule has 11 aromatic rings. The number of fused-ring (bicyclic) bond motifs is 10. The first-order valence-electron chi connectivity index (χ1n) is 25.9. The summed E-state index contributed by atoms with van der Waals surface area (Å²) in [6.07, 6.45) is 0. The van der Waals surface area contributed by atoms with Crippen molar-refractivity contribution < 1.29 is 37.6 Å². The van der Waals surface area contributed by atoms with Crippen LogP contribution in [0, 0.1) is 0 Å². The van der Waals surface area contributed by atoms with Crippen molar-refractivity contribution in [2.75, 3.05) is 0 Å². The predicted octanol–water partition coefficient (Wildman–Crippen LogP) is 13.9. The van der Waals surface area contributed by atoms with Gasteiger partial charge in [-0.1, -0.05) is 133 Å². The lowest BCUT2D eigenvalue weighted by Gasteiger charge is -2.18. The Morgan fingerprint density at radius 3 is 1.56 bits per heavy atom. The highest BCUT2D eigenvalue weighted by atomic mass is 16.3. The summed E-state index contributed by atoms with van der Waals surface area (Å²) >= 11 is 0. The topological polar surface area (TPSA) is 26.3 Å². The molecule has 2 aromatic heterocycles. The molecule has 0 aliphatic rings. The largest absolute Gasteiger partial charge is 0.456 e. The van der Waals surface area contributed by atoms with Gasteiger partial charge in [-0.3, -0.25) is 0 Å². The highest BCUT2D eigenvalue weighted by Gasteiger charge is 2.18. The monoisotopic (exact) mass is 657 g/mol. The van der Waals surface area contributed by atoms with Gasteiger partial charge < -0.3 is 8.83 Å². The summed E-state index contributed by atoms with van der Waals surface area (Å²) in [5.74, 6) is 0. The summed E-state index contributed by atoms with van der Waals surface area (Å²) in [4.78, 5) is 0. The second-order valence-corrected chi connectivity index (χ2v) is 11.6. The van der Waals surface area contributed by atoms with Crippen LogP contribution in [0.2, 0.25) is 0 Å². The zero-order valence-corrected chi connectivity index (χ0v) is 25.4. The van der Waals surface area contributed by atoms with E-state index in [2.05, 4.69) is 0 Å². The molecule has 11 rings (SSSR count). The summed E-state index contributed by atoms with van der Waals surface area (Å²) in [5.41, 5.74) is -3.82. The molecular formula is C48H28O2. The minimum atomic E-state index is -0.923. The molecule has 2 heterocycles. The fourth-order valence-electron chi connectivity index (χ4n) is 6.69. The maximum Gasteiger partial charge on any atom is 0.136 e. The molecule has 0 spiro atoms. The van der Waals surface area contributed by atoms with E-state index in [0.717, 1.165) is 5.39 Å². The molecule has 0 N–H and O–H groups in total. The van der Waals surface area contributed by atoms with E-state index in [1.54, 1.807) is 30.3 Å². The van der Waals surface area contributed by atoms with Crippen molar-refractivity contribution >= 4 is 76.2 Å². The Bertz CT molecular complexity index is 4250. The van der Waals surface area contributed by atoms with Crippen LogP contribution in [0.1, 0.15) is 28.8 Å². The van der Waals surface area contributed by atoms with Crippen molar-refractivity contribution in [3.63, 3.8) is 0 Å². The van der Waals surface area contributed by atoms with E-state index in [9.17, 15) is 15.1 Å². The van der Waals surface area contributed by atoms with Gasteiger partial charge in [0.1, 0.15) is 22.3 Å². The molecule has 0 unspecified atom stereocenters. The molecule has 0 bridgehead atoms. The van der Waals surface area contributed by atoms with Gasteiger partial charge in [-0.15, -0.1) is 0 Å². The summed E-state index contributed by atoms with van der Waals surface area (Å²) in [6, 6.07) is -3.01. The predicted molar refractivity (Wildman–Crippen MR) is 210 cm³/mol. The van der Waals surface area contributed by atoms with Gasteiger partial charge in [-0.25, -0.2) is 0 Å². The third-order valence-electron chi connectivity index (χ3n) is 8.87. The van der Waals surface area contributed by atoms with Crippen LogP contribution in [0.5, 0.6) is 0 Å². The van der Waals surface area contributed by atoms with Crippen LogP contribution >= 0.6 is 0 Å². The standard InChI is InChI=1S/C48H28O2/c1-2-10-32-27-34(22-19-29(32)9-1)46-37-13-5-3-11-35(37)45(36-12-4-6-14-38(36)46)31-20-17-30(18-21-31)33-23-24-40-44(28-33)50-43-26-25-42-47(48(40)43)39-15-7-8-16-41(39)49-42/h1-28H/i3D,4D,5D,6D,7D,8D,11D,12D,13D,14D,15D,16D,17D,18D,20D,21D,23D,24D,25D,26D,28D. The van der Waals surface area contributed by atoms with Crippen LogP contribution < -0.4 is 0 Å². The maximum absolute atomic E-state index is 9.59. The van der Waals surface area contributed by atoms with Crippen LogP contribution in [0.3, 0.4) is 0 Å². The van der Waals surface area contributed by atoms with E-state index in [4.69, 9.17) is 22.5 Å². The van der Waals surface area contributed by atoms with Gasteiger partial charge in [0.25, 0.3) is 0 Å². The smallest absolute Gasteiger partial charge is 0.136 e. The van der Waals surface area contributed by atoms with E-state index in [1.165, 1.54) is 0 Å². The van der Waals surface area contributed by atoms with Crippen LogP contribution in [-0.4, -0.2) is 0 Å². The molecule has 0 saturated carbocycles. The lowest BCUT2D eigenvalue weighted by atomic mass is 9.85. The van der Waals surface area contributed by atoms with Crippen molar-refractivity contribution in [1.29, 1.82) is 0 Å². The van der Waals surface area contributed by atoms with Gasteiger partial charge in [-0.2, -0.15) is 0 Å². The van der Waals surface area contributed by atoms with Crippen LogP contribution in [-0.2, 0) is 0 Å². The zero-order chi connectivity index (χ0) is 51.0. The van der Waals surface area contributed by atoms with Crippen molar-refractivity contribution in [2.45, 2.75) is 0 Å². The Morgan fingerprint density at radius 2 is 0.880 bits per heavy atom. The Hall–Kier alpha value is -6.64. The molecule has 0 fully saturated rings. The first-order valence-corrected chi connectivity index (χ1v) is 15.4. The lowest BCUT2D eigenvalue weighted by Crippen LogP contribution is -1.91. The number of para-hydroxylation sites is 1. The van der Waals surface area contributed by atoms with Gasteiger partial charge in [0.15, 0.2) is 0 Å². The van der Waals surface area contributed by atoms with E-state index >= 15 is 0 Å². The molecule has 2 heteroatoms. The zero-order valence-electron chi connectivity index (χ0n) is 46.4. The average Bonchev–Trinajstić information content (AvgIpc) is 3.96. The molecule has 2 nitrogen and oxygen atoms in total. The highest BCUT2D eigenvalue weighted by Crippen LogP contribution is 2.45. The summed E-state index contributed by atoms with van der Waals surface area (Å²) in [7, 11) is 0. The number of rotatable bonds is 3. The summed E-state index contributed by atoms with van der Waals surface area (Å²) in [6.45, 7) is 0. The molecule has 0 radical (unpaired) electrons. The normalized spacial score (nSPS) is 17.9. The number of furan rings is 2. The SMILES string of the molecule is [2H]c1c([2H])c(-c2c3c([2H])c([2H])c([2H])c([2H])c3c(-c3ccc4ccccc4c3)c3c([2H])c([2H])c([2H])c([2H])c23)c([2H])c([2H])c1-c1c([2H])c([2H])c2c(oc3c([2H])c([2H])c4oc5c([2H])c([2H])c([2H])c([2H])c5c4c32)c1[2H]. The summed E-state index contributed by atoms with van der Waals surface area (Å²) in [5, 5.41) is -0.636. The minimum absolute atomic E-state index is 0.00962. The van der Waals surface area contributed by atoms with Crippen molar-refractivity contribution in [1.82, 2.24) is 0 Å². The molecule has 0 aliphatic carbocycles. The van der Waals surface area contributed by atoms with E-state index in [1.807, 2.05) is 12.1 Å². The third-order valence-corrected chi connectivity index (χ3v) is 8.87. The lowest BCUT2D eigenvalue weighted by molar-refractivity contribution is 0.663. The Morgan fingerprint density at radius 1 is 0.360 bits per heavy atom. The van der Waals surface area contributed by atoms with Crippen molar-refractivity contribution in [3.05, 3.63) is 169 Å². The first-order chi connectivity index (χ1) is 33.5. The average molecular weight is 658 g/mol. The van der Waals surface area contributed by atoms with Gasteiger partial charge in [0, 0.05) is 21.5 Å². The van der Waals surface area contributed by atoms with Crippen molar-refractivity contribution in [3.8, 4) is 33.4 Å².